The summed E-state index contributed by atoms with van der Waals surface area (Å²) in [7, 11) is 0. The van der Waals surface area contributed by atoms with Gasteiger partial charge in [-0.05, 0) is 19.3 Å². The zero-order valence-corrected chi connectivity index (χ0v) is 13.0. The summed E-state index contributed by atoms with van der Waals surface area (Å²) >= 11 is 0. The van der Waals surface area contributed by atoms with Crippen LogP contribution in [0.25, 0.3) is 0 Å². The Hall–Kier alpha value is -1.46. The third kappa shape index (κ3) is 5.81. The summed E-state index contributed by atoms with van der Waals surface area (Å²) < 4.78 is 0.273. The number of quaternary nitrogens is 1. The summed E-state index contributed by atoms with van der Waals surface area (Å²) in [6.07, 6.45) is 14.5. The lowest BCUT2D eigenvalue weighted by molar-refractivity contribution is -0.778. The zero-order chi connectivity index (χ0) is 15.6. The number of nitrogens with two attached hydrogens (primary N) is 1. The summed E-state index contributed by atoms with van der Waals surface area (Å²) in [5, 5.41) is 9.12. The largest absolute Gasteiger partial charge is 0.477 e. The normalized spacial score (nSPS) is 21.1. The predicted octanol–water partition coefficient (Wildman–Crippen LogP) is 2.65. The fraction of sp³-hybridized carbons (Fsp3) is 0.625. The van der Waals surface area contributed by atoms with Crippen LogP contribution < -0.4 is 5.73 Å². The maximum atomic E-state index is 11.1. The molecular weight excluding hydrogens is 266 g/mol. The molecule has 3 N–H and O–H groups in total. The molecule has 0 aromatic heterocycles. The van der Waals surface area contributed by atoms with E-state index in [1.54, 1.807) is 6.20 Å². The van der Waals surface area contributed by atoms with Gasteiger partial charge < -0.3 is 10.8 Å². The Morgan fingerprint density at radius 3 is 2.81 bits per heavy atom. The molecule has 5 heteroatoms. The number of carboxylic acid groups (broad SMARTS) is 1. The summed E-state index contributed by atoms with van der Waals surface area (Å²) in [6, 6.07) is 0. The molecule has 118 valence electrons. The molecule has 21 heavy (non-hydrogen) atoms. The van der Waals surface area contributed by atoms with Gasteiger partial charge in [-0.2, -0.15) is 0 Å². The number of hydrogen-bond donors (Lipinski definition) is 2. The number of aliphatic imine (C=N–C) groups is 1. The zero-order valence-electron chi connectivity index (χ0n) is 13.0. The molecular formula is C16H28N3O2+. The molecule has 0 spiro atoms. The minimum absolute atomic E-state index is 0.0206. The lowest BCUT2D eigenvalue weighted by atomic mass is 10.1. The molecule has 0 aromatic rings. The van der Waals surface area contributed by atoms with Gasteiger partial charge in [0.2, 0.25) is 5.84 Å². The van der Waals surface area contributed by atoms with E-state index in [1.807, 2.05) is 6.20 Å². The van der Waals surface area contributed by atoms with E-state index in [0.717, 1.165) is 25.1 Å². The van der Waals surface area contributed by atoms with E-state index >= 15 is 0 Å². The van der Waals surface area contributed by atoms with Crippen molar-refractivity contribution >= 4 is 11.8 Å². The Balaban J connectivity index is 2.47. The van der Waals surface area contributed by atoms with Crippen molar-refractivity contribution in [3.8, 4) is 0 Å². The van der Waals surface area contributed by atoms with Crippen LogP contribution in [-0.2, 0) is 4.79 Å². The fourth-order valence-electron chi connectivity index (χ4n) is 2.59. The maximum Gasteiger partial charge on any atom is 0.360 e. The van der Waals surface area contributed by atoms with Gasteiger partial charge in [0.15, 0.2) is 6.54 Å². The third-order valence-corrected chi connectivity index (χ3v) is 3.71. The first kappa shape index (κ1) is 17.6. The molecule has 5 nitrogen and oxygen atoms in total. The van der Waals surface area contributed by atoms with Gasteiger partial charge in [-0.15, -0.1) is 0 Å². The van der Waals surface area contributed by atoms with E-state index in [9.17, 15) is 4.79 Å². The van der Waals surface area contributed by atoms with Gasteiger partial charge in [-0.3, -0.25) is 0 Å². The van der Waals surface area contributed by atoms with Gasteiger partial charge in [0, 0.05) is 13.0 Å². The summed E-state index contributed by atoms with van der Waals surface area (Å²) in [5.74, 6) is 0.0823. The highest BCUT2D eigenvalue weighted by Crippen LogP contribution is 2.20. The fourth-order valence-corrected chi connectivity index (χ4v) is 2.59. The third-order valence-electron chi connectivity index (χ3n) is 3.71. The van der Waals surface area contributed by atoms with Crippen molar-refractivity contribution in [3.05, 3.63) is 24.6 Å². The van der Waals surface area contributed by atoms with E-state index in [0.29, 0.717) is 13.1 Å². The van der Waals surface area contributed by atoms with Gasteiger partial charge in [-0.25, -0.2) is 14.3 Å². The Morgan fingerprint density at radius 1 is 1.38 bits per heavy atom. The first-order valence-electron chi connectivity index (χ1n) is 7.83. The van der Waals surface area contributed by atoms with Gasteiger partial charge >= 0.3 is 5.97 Å². The van der Waals surface area contributed by atoms with E-state index in [-0.39, 0.29) is 11.0 Å². The molecule has 0 bridgehead atoms. The Kier molecular flexibility index (Phi) is 7.93. The molecule has 1 aliphatic heterocycles. The van der Waals surface area contributed by atoms with Crippen molar-refractivity contribution in [2.24, 2.45) is 10.7 Å². The second-order valence-corrected chi connectivity index (χ2v) is 5.45. The van der Waals surface area contributed by atoms with Crippen LogP contribution in [0.4, 0.5) is 0 Å². The van der Waals surface area contributed by atoms with Crippen LogP contribution in [0.5, 0.6) is 0 Å². The van der Waals surface area contributed by atoms with Crippen LogP contribution >= 0.6 is 0 Å². The minimum atomic E-state index is -0.821. The highest BCUT2D eigenvalue weighted by molar-refractivity contribution is 5.81. The summed E-state index contributed by atoms with van der Waals surface area (Å²) in [6.45, 7) is 3.25. The van der Waals surface area contributed by atoms with Crippen molar-refractivity contribution in [3.63, 3.8) is 0 Å². The average Bonchev–Trinajstić information content (AvgIpc) is 2.80. The smallest absolute Gasteiger partial charge is 0.360 e. The van der Waals surface area contributed by atoms with Crippen molar-refractivity contribution in [1.29, 1.82) is 0 Å². The van der Waals surface area contributed by atoms with Crippen molar-refractivity contribution in [1.82, 2.24) is 0 Å². The van der Waals surface area contributed by atoms with Crippen LogP contribution in [0.15, 0.2) is 29.5 Å². The molecule has 1 heterocycles. The topological polar surface area (TPSA) is 75.7 Å². The van der Waals surface area contributed by atoms with Gasteiger partial charge in [0.25, 0.3) is 0 Å². The number of unbranched alkanes of at least 4 members (excludes halogenated alkanes) is 3. The Morgan fingerprint density at radius 2 is 2.14 bits per heavy atom. The number of aliphatic carboxylic acids is 1. The molecule has 1 unspecified atom stereocenters. The monoisotopic (exact) mass is 294 g/mol. The maximum absolute atomic E-state index is 11.1. The number of rotatable bonds is 11. The summed E-state index contributed by atoms with van der Waals surface area (Å²) in [4.78, 5) is 15.5. The van der Waals surface area contributed by atoms with Crippen LogP contribution in [0.1, 0.15) is 45.4 Å². The molecule has 0 aromatic carbocycles. The Bertz CT molecular complexity index is 416. The number of carbonyl (C=O) groups is 1. The van der Waals surface area contributed by atoms with Crippen molar-refractivity contribution < 1.29 is 14.4 Å². The number of carboxylic acids is 1. The van der Waals surface area contributed by atoms with Gasteiger partial charge in [0.05, 0.1) is 6.20 Å². The second-order valence-electron chi connectivity index (χ2n) is 5.45. The highest BCUT2D eigenvalue weighted by atomic mass is 16.4. The number of allylic oxidation sites excluding steroid dienone is 2. The number of hydrogen-bond acceptors (Lipinski definition) is 3. The van der Waals surface area contributed by atoms with Crippen molar-refractivity contribution in [2.45, 2.75) is 45.4 Å². The van der Waals surface area contributed by atoms with Crippen LogP contribution in [0.3, 0.4) is 0 Å². The Labute approximate surface area is 127 Å². The quantitative estimate of drug-likeness (QED) is 0.349. The molecule has 0 radical (unpaired) electrons. The predicted molar refractivity (Wildman–Crippen MR) is 85.8 cm³/mol. The van der Waals surface area contributed by atoms with Crippen LogP contribution in [-0.4, -0.2) is 41.0 Å². The van der Waals surface area contributed by atoms with Gasteiger partial charge in [0.1, 0.15) is 12.7 Å². The first-order chi connectivity index (χ1) is 10.1. The standard InChI is InChI=1S/C16H27N3O2/c1-2-3-4-5-6-7-8-9-15-18-11-13-19(15,12-10-17)14-16(20)21/h6-7,11,13H,2-5,8-10,12,14,17H2,1H3/p+1/b7-6+. The number of amidine groups is 1. The van der Waals surface area contributed by atoms with E-state index < -0.39 is 5.97 Å². The average molecular weight is 294 g/mol. The van der Waals surface area contributed by atoms with E-state index in [1.165, 1.54) is 19.3 Å². The molecule has 0 saturated carbocycles. The number of nitrogens with zero attached hydrogens (tertiary/aromatic N) is 2. The summed E-state index contributed by atoms with van der Waals surface area (Å²) in [5.41, 5.74) is 5.64. The molecule has 0 fully saturated rings. The molecule has 0 aliphatic carbocycles. The van der Waals surface area contributed by atoms with Gasteiger partial charge in [-0.1, -0.05) is 31.9 Å². The molecule has 0 amide bonds. The SMILES string of the molecule is CCCCC/C=C/CCC1=NC=C[N+]1(CCN)CC(=O)O. The molecule has 1 aliphatic rings. The highest BCUT2D eigenvalue weighted by Gasteiger charge is 2.36. The van der Waals surface area contributed by atoms with Crippen LogP contribution in [0.2, 0.25) is 0 Å². The van der Waals surface area contributed by atoms with Crippen LogP contribution in [0, 0.1) is 0 Å². The van der Waals surface area contributed by atoms with Crippen molar-refractivity contribution in [2.75, 3.05) is 19.6 Å². The minimum Gasteiger partial charge on any atom is -0.477 e. The molecule has 1 atom stereocenters. The first-order valence-corrected chi connectivity index (χ1v) is 7.83. The lowest BCUT2D eigenvalue weighted by Gasteiger charge is -2.30. The molecule has 0 saturated heterocycles. The van der Waals surface area contributed by atoms with E-state index in [2.05, 4.69) is 24.1 Å². The lowest BCUT2D eigenvalue weighted by Crippen LogP contribution is -2.52. The molecule has 1 rings (SSSR count). The second kappa shape index (κ2) is 9.47. The van der Waals surface area contributed by atoms with E-state index in [4.69, 9.17) is 10.8 Å².